The molecule has 2 aromatic carbocycles. The second-order valence-electron chi connectivity index (χ2n) is 4.65. The fraction of sp³-hybridized carbons (Fsp3) is 0.250. The Hall–Kier alpha value is -0.910. The van der Waals surface area contributed by atoms with Crippen LogP contribution < -0.4 is 10.5 Å². The number of hydrogen-bond acceptors (Lipinski definition) is 2. The van der Waals surface area contributed by atoms with Gasteiger partial charge < -0.3 is 10.5 Å². The van der Waals surface area contributed by atoms with Gasteiger partial charge in [-0.3, -0.25) is 0 Å². The van der Waals surface area contributed by atoms with Crippen LogP contribution in [0.25, 0.3) is 0 Å². The second kappa shape index (κ2) is 7.38. The van der Waals surface area contributed by atoms with Crippen LogP contribution in [0.2, 0.25) is 0 Å². The van der Waals surface area contributed by atoms with Crippen LogP contribution >= 0.6 is 31.9 Å². The molecule has 2 aromatic rings. The molecule has 0 aliphatic heterocycles. The Morgan fingerprint density at radius 1 is 1.19 bits per heavy atom. The normalized spacial score (nSPS) is 12.2. The van der Waals surface area contributed by atoms with Crippen molar-refractivity contribution >= 4 is 31.9 Å². The van der Waals surface area contributed by atoms with E-state index in [9.17, 15) is 4.39 Å². The zero-order valence-electron chi connectivity index (χ0n) is 11.6. The summed E-state index contributed by atoms with van der Waals surface area (Å²) in [6, 6.07) is 9.88. The Balaban J connectivity index is 2.32. The number of nitrogens with two attached hydrogens (primary N) is 1. The molecule has 2 nitrogen and oxygen atoms in total. The standard InChI is InChI=1S/C16H16Br2FNO/c1-2-8-21-14-7-6-10(9-12(14)18)16(20)15-11(17)4-3-5-13(15)19/h3-7,9,16H,2,8,20H2,1H3. The maximum atomic E-state index is 14.0. The Morgan fingerprint density at radius 3 is 2.57 bits per heavy atom. The highest BCUT2D eigenvalue weighted by Gasteiger charge is 2.17. The quantitative estimate of drug-likeness (QED) is 0.727. The topological polar surface area (TPSA) is 35.2 Å². The van der Waals surface area contributed by atoms with Gasteiger partial charge in [0.2, 0.25) is 0 Å². The Morgan fingerprint density at radius 2 is 1.95 bits per heavy atom. The minimum atomic E-state index is -0.544. The van der Waals surface area contributed by atoms with Crippen LogP contribution in [-0.2, 0) is 0 Å². The fourth-order valence-electron chi connectivity index (χ4n) is 2.01. The smallest absolute Gasteiger partial charge is 0.133 e. The molecule has 0 spiro atoms. The van der Waals surface area contributed by atoms with Crippen LogP contribution in [0.4, 0.5) is 4.39 Å². The summed E-state index contributed by atoms with van der Waals surface area (Å²) in [7, 11) is 0. The molecule has 0 saturated heterocycles. The van der Waals surface area contributed by atoms with Gasteiger partial charge in [-0.2, -0.15) is 0 Å². The van der Waals surface area contributed by atoms with Crippen molar-refractivity contribution in [3.05, 3.63) is 62.3 Å². The van der Waals surface area contributed by atoms with Gasteiger partial charge in [0.1, 0.15) is 11.6 Å². The molecule has 0 fully saturated rings. The summed E-state index contributed by atoms with van der Waals surface area (Å²) in [6.45, 7) is 2.71. The van der Waals surface area contributed by atoms with Crippen LogP contribution in [0.1, 0.15) is 30.5 Å². The number of rotatable bonds is 5. The first-order chi connectivity index (χ1) is 10.0. The maximum Gasteiger partial charge on any atom is 0.133 e. The molecule has 0 bridgehead atoms. The highest BCUT2D eigenvalue weighted by atomic mass is 79.9. The first-order valence-electron chi connectivity index (χ1n) is 6.66. The van der Waals surface area contributed by atoms with Gasteiger partial charge in [-0.1, -0.05) is 35.0 Å². The van der Waals surface area contributed by atoms with Crippen LogP contribution in [-0.4, -0.2) is 6.61 Å². The molecule has 5 heteroatoms. The lowest BCUT2D eigenvalue weighted by Crippen LogP contribution is -2.14. The summed E-state index contributed by atoms with van der Waals surface area (Å²) in [6.07, 6.45) is 0.940. The predicted octanol–water partition coefficient (Wildman–Crippen LogP) is 5.19. The van der Waals surface area contributed by atoms with Crippen molar-refractivity contribution in [1.82, 2.24) is 0 Å². The second-order valence-corrected chi connectivity index (χ2v) is 6.36. The molecular weight excluding hydrogens is 401 g/mol. The Bertz CT molecular complexity index is 613. The molecule has 0 amide bonds. The van der Waals surface area contributed by atoms with Crippen molar-refractivity contribution in [2.24, 2.45) is 5.73 Å². The van der Waals surface area contributed by atoms with Crippen molar-refractivity contribution < 1.29 is 9.13 Å². The van der Waals surface area contributed by atoms with Crippen LogP contribution in [0.3, 0.4) is 0 Å². The van der Waals surface area contributed by atoms with Gasteiger partial charge in [0, 0.05) is 10.0 Å². The van der Waals surface area contributed by atoms with Gasteiger partial charge in [0.15, 0.2) is 0 Å². The molecule has 0 radical (unpaired) electrons. The van der Waals surface area contributed by atoms with Crippen molar-refractivity contribution in [2.75, 3.05) is 6.61 Å². The lowest BCUT2D eigenvalue weighted by Gasteiger charge is -2.17. The molecule has 0 saturated carbocycles. The molecule has 0 heterocycles. The van der Waals surface area contributed by atoms with Crippen molar-refractivity contribution in [3.63, 3.8) is 0 Å². The Kier molecular flexibility index (Phi) is 5.79. The van der Waals surface area contributed by atoms with E-state index in [4.69, 9.17) is 10.5 Å². The summed E-state index contributed by atoms with van der Waals surface area (Å²) in [5.41, 5.74) is 7.47. The zero-order chi connectivity index (χ0) is 15.4. The minimum absolute atomic E-state index is 0.320. The summed E-state index contributed by atoms with van der Waals surface area (Å²) in [5.74, 6) is 0.444. The van der Waals surface area contributed by atoms with Gasteiger partial charge in [-0.15, -0.1) is 0 Å². The largest absolute Gasteiger partial charge is 0.492 e. The average Bonchev–Trinajstić information content (AvgIpc) is 2.45. The molecule has 21 heavy (non-hydrogen) atoms. The van der Waals surface area contributed by atoms with Crippen LogP contribution in [0, 0.1) is 5.82 Å². The van der Waals surface area contributed by atoms with Gasteiger partial charge in [-0.25, -0.2) is 4.39 Å². The van der Waals surface area contributed by atoms with Gasteiger partial charge in [-0.05, 0) is 52.2 Å². The highest BCUT2D eigenvalue weighted by Crippen LogP contribution is 2.33. The molecule has 0 aromatic heterocycles. The van der Waals surface area contributed by atoms with E-state index in [1.165, 1.54) is 6.07 Å². The summed E-state index contributed by atoms with van der Waals surface area (Å²) < 4.78 is 21.1. The lowest BCUT2D eigenvalue weighted by atomic mass is 9.99. The molecule has 1 atom stereocenters. The zero-order valence-corrected chi connectivity index (χ0v) is 14.7. The molecule has 2 N–H and O–H groups in total. The number of hydrogen-bond donors (Lipinski definition) is 1. The Labute approximate surface area is 140 Å². The third kappa shape index (κ3) is 3.84. The molecule has 1 unspecified atom stereocenters. The number of benzene rings is 2. The molecular formula is C16H16Br2FNO. The van der Waals surface area contributed by atoms with E-state index in [1.54, 1.807) is 12.1 Å². The van der Waals surface area contributed by atoms with E-state index < -0.39 is 6.04 Å². The van der Waals surface area contributed by atoms with Gasteiger partial charge in [0.05, 0.1) is 17.1 Å². The van der Waals surface area contributed by atoms with E-state index in [0.717, 1.165) is 22.2 Å². The minimum Gasteiger partial charge on any atom is -0.492 e. The average molecular weight is 417 g/mol. The highest BCUT2D eigenvalue weighted by molar-refractivity contribution is 9.10. The maximum absolute atomic E-state index is 14.0. The van der Waals surface area contributed by atoms with Crippen LogP contribution in [0.5, 0.6) is 5.75 Å². The van der Waals surface area contributed by atoms with Gasteiger partial charge >= 0.3 is 0 Å². The van der Waals surface area contributed by atoms with Crippen molar-refractivity contribution in [3.8, 4) is 5.75 Å². The lowest BCUT2D eigenvalue weighted by molar-refractivity contribution is 0.315. The van der Waals surface area contributed by atoms with Crippen molar-refractivity contribution in [2.45, 2.75) is 19.4 Å². The third-order valence-electron chi connectivity index (χ3n) is 3.09. The van der Waals surface area contributed by atoms with Gasteiger partial charge in [0.25, 0.3) is 0 Å². The molecule has 0 aliphatic rings. The first kappa shape index (κ1) is 16.5. The van der Waals surface area contributed by atoms with E-state index >= 15 is 0 Å². The molecule has 112 valence electrons. The van der Waals surface area contributed by atoms with E-state index in [1.807, 2.05) is 25.1 Å². The van der Waals surface area contributed by atoms with Crippen LogP contribution in [0.15, 0.2) is 45.3 Å². The first-order valence-corrected chi connectivity index (χ1v) is 8.25. The monoisotopic (exact) mass is 415 g/mol. The van der Waals surface area contributed by atoms with E-state index in [-0.39, 0.29) is 5.82 Å². The SMILES string of the molecule is CCCOc1ccc(C(N)c2c(F)cccc2Br)cc1Br. The number of halogens is 3. The van der Waals surface area contributed by atoms with E-state index in [0.29, 0.717) is 16.6 Å². The third-order valence-corrected chi connectivity index (χ3v) is 4.40. The number of ether oxygens (including phenoxy) is 1. The van der Waals surface area contributed by atoms with Crippen molar-refractivity contribution in [1.29, 1.82) is 0 Å². The molecule has 2 rings (SSSR count). The van der Waals surface area contributed by atoms with E-state index in [2.05, 4.69) is 31.9 Å². The predicted molar refractivity (Wildman–Crippen MR) is 90.1 cm³/mol. The summed E-state index contributed by atoms with van der Waals surface area (Å²) in [4.78, 5) is 0. The summed E-state index contributed by atoms with van der Waals surface area (Å²) in [5, 5.41) is 0. The summed E-state index contributed by atoms with van der Waals surface area (Å²) >= 11 is 6.82. The molecule has 0 aliphatic carbocycles. The fourth-order valence-corrected chi connectivity index (χ4v) is 3.11.